The smallest absolute Gasteiger partial charge is 0.291 e. The Balaban J connectivity index is 0.469. The molecule has 117 heavy (non-hydrogen) atoms. The molecule has 0 spiro atoms. The van der Waals surface area contributed by atoms with E-state index in [-0.39, 0.29) is 118 Å². The van der Waals surface area contributed by atoms with Crippen molar-refractivity contribution in [2.45, 2.75) is 64.3 Å². The minimum atomic E-state index is -0.597. The first-order valence-corrected chi connectivity index (χ1v) is 38.9. The van der Waals surface area contributed by atoms with Crippen LogP contribution >= 0.6 is 0 Å². The van der Waals surface area contributed by atoms with Crippen molar-refractivity contribution in [1.29, 1.82) is 0 Å². The van der Waals surface area contributed by atoms with E-state index in [1.807, 2.05) is 65.2 Å². The number of aryl methyl sites for hydroxylation is 5. The number of ether oxygens (including phenoxy) is 8. The number of hydrogen-bond acceptors (Lipinski definition) is 25. The van der Waals surface area contributed by atoms with E-state index in [0.717, 1.165) is 46.5 Å². The molecule has 1 saturated carbocycles. The second-order valence-corrected chi connectivity index (χ2v) is 27.9. The van der Waals surface area contributed by atoms with Gasteiger partial charge in [0.25, 0.3) is 29.5 Å². The van der Waals surface area contributed by atoms with Crippen molar-refractivity contribution in [2.24, 2.45) is 46.9 Å². The summed E-state index contributed by atoms with van der Waals surface area (Å²) in [5, 5.41) is 32.4. The van der Waals surface area contributed by atoms with Gasteiger partial charge in [0.05, 0.1) is 153 Å². The van der Waals surface area contributed by atoms with E-state index >= 15 is 0 Å². The average Bonchev–Trinajstić information content (AvgIpc) is 1.63. The monoisotopic (exact) mass is 1620 g/mol. The third kappa shape index (κ3) is 26.9. The van der Waals surface area contributed by atoms with E-state index in [0.29, 0.717) is 147 Å². The molecule has 2 aromatic carbocycles. The summed E-state index contributed by atoms with van der Waals surface area (Å²) < 4.78 is 52.5. The Kier molecular flexibility index (Phi) is 34.1. The van der Waals surface area contributed by atoms with Gasteiger partial charge in [-0.2, -0.15) is 0 Å². The highest BCUT2D eigenvalue weighted by molar-refractivity contribution is 6.03. The molecular formula is C79H107N21O17. The molecule has 8 aromatic rings. The van der Waals surface area contributed by atoms with Crippen LogP contribution in [0.3, 0.4) is 0 Å². The summed E-state index contributed by atoms with van der Waals surface area (Å²) in [6.45, 7) is 9.41. The summed E-state index contributed by atoms with van der Waals surface area (Å²) in [5.41, 5.74) is 13.8. The van der Waals surface area contributed by atoms with Crippen LogP contribution in [-0.2, 0) is 101 Å². The van der Waals surface area contributed by atoms with E-state index in [9.17, 15) is 43.5 Å². The number of amides is 8. The fraction of sp³-hybridized carbons (Fsp3) is 0.481. The molecule has 630 valence electrons. The predicted molar refractivity (Wildman–Crippen MR) is 431 cm³/mol. The van der Waals surface area contributed by atoms with Gasteiger partial charge in [0.1, 0.15) is 11.4 Å². The number of rotatable bonds is 51. The maximum atomic E-state index is 13.4. The fourth-order valence-electron chi connectivity index (χ4n) is 12.8. The Morgan fingerprint density at radius 3 is 1.62 bits per heavy atom. The highest BCUT2D eigenvalue weighted by Crippen LogP contribution is 2.46. The minimum Gasteiger partial charge on any atom is -0.392 e. The zero-order valence-corrected chi connectivity index (χ0v) is 67.0. The molecule has 0 bridgehead atoms. The Hall–Kier alpha value is -11.3. The molecule has 38 heteroatoms. The van der Waals surface area contributed by atoms with Crippen LogP contribution in [0.4, 0.5) is 34.5 Å². The standard InChI is InChI=1S/C79H107N21O17/c1-53(102)100-63-14-13-55(41-64(63)99(50-67(100)54-11-12-54)46-56-9-7-8-10-57(56)52-101)58-44-87-71(88-45-58)76(107)85-23-26-111-28-30-113-32-34-115-36-38-117-40-39-116-37-35-114-33-31-112-29-27-110-25-22-81-69(103)16-19-84-77(108)72-93-68(51-98(72)6)92-70(104)17-20-83-75(106)65-42-59(47-95(65)3)89-78(109)73-91-62(49-97(73)5)61(80)15-18-82-74(105)66-43-60(48-96(66)4)90-79-86-21-24-94(79)2/h7-10,13-14,21,24,41-45,47-49,51,54,61,67,101H,11-12,15-20,22-23,25-40,46,50,52,80H2,1-6H3,(H,81,103)(H,82,105)(H,83,106)(H,84,108)(H,85,107)(H,86,90)(H,89,109)(H,92,104)/t61?,67-/m1/s1. The molecule has 1 aliphatic heterocycles. The van der Waals surface area contributed by atoms with Crippen LogP contribution in [0.5, 0.6) is 0 Å². The topological polar surface area (TPSA) is 448 Å². The van der Waals surface area contributed by atoms with Crippen LogP contribution in [0.1, 0.15) is 115 Å². The van der Waals surface area contributed by atoms with Crippen molar-refractivity contribution in [1.82, 2.24) is 74.3 Å². The van der Waals surface area contributed by atoms with Gasteiger partial charge in [0, 0.05) is 156 Å². The lowest BCUT2D eigenvalue weighted by atomic mass is 9.98. The van der Waals surface area contributed by atoms with Crippen molar-refractivity contribution in [3.8, 4) is 11.1 Å². The van der Waals surface area contributed by atoms with Crippen LogP contribution in [0, 0.1) is 5.92 Å². The first kappa shape index (κ1) is 88.0. The number of benzene rings is 2. The molecule has 1 unspecified atom stereocenters. The van der Waals surface area contributed by atoms with Gasteiger partial charge in [-0.25, -0.2) is 24.9 Å². The molecule has 2 aliphatic rings. The van der Waals surface area contributed by atoms with E-state index in [4.69, 9.17) is 43.6 Å². The zero-order chi connectivity index (χ0) is 83.0. The highest BCUT2D eigenvalue weighted by atomic mass is 16.6. The average molecular weight is 1620 g/mol. The van der Waals surface area contributed by atoms with Crippen LogP contribution < -0.4 is 58.1 Å². The Bertz CT molecular complexity index is 4590. The van der Waals surface area contributed by atoms with Crippen molar-refractivity contribution in [3.63, 3.8) is 0 Å². The lowest BCUT2D eigenvalue weighted by Crippen LogP contribution is -2.52. The van der Waals surface area contributed by atoms with Crippen LogP contribution in [0.25, 0.3) is 11.1 Å². The molecule has 6 aromatic heterocycles. The number of imidazole rings is 3. The van der Waals surface area contributed by atoms with Gasteiger partial charge in [0.2, 0.25) is 35.3 Å². The number of hydrogen-bond donors (Lipinski definition) is 10. The summed E-state index contributed by atoms with van der Waals surface area (Å²) in [4.78, 5) is 130. The lowest BCUT2D eigenvalue weighted by molar-refractivity contribution is -0.121. The van der Waals surface area contributed by atoms with Gasteiger partial charge < -0.3 is 124 Å². The zero-order valence-electron chi connectivity index (χ0n) is 67.0. The Morgan fingerprint density at radius 2 is 1.04 bits per heavy atom. The van der Waals surface area contributed by atoms with E-state index < -0.39 is 35.6 Å². The summed E-state index contributed by atoms with van der Waals surface area (Å²) in [5.74, 6) is -1.78. The first-order valence-electron chi connectivity index (χ1n) is 38.9. The maximum absolute atomic E-state index is 13.4. The number of nitrogens with two attached hydrogens (primary N) is 1. The van der Waals surface area contributed by atoms with Crippen molar-refractivity contribution in [3.05, 3.63) is 150 Å². The van der Waals surface area contributed by atoms with E-state index in [1.54, 1.807) is 82.9 Å². The van der Waals surface area contributed by atoms with Gasteiger partial charge in [-0.1, -0.05) is 30.3 Å². The molecule has 10 rings (SSSR count). The van der Waals surface area contributed by atoms with Gasteiger partial charge in [0.15, 0.2) is 11.6 Å². The largest absolute Gasteiger partial charge is 0.392 e. The molecule has 11 N–H and O–H groups in total. The molecular weight excluding hydrogens is 1510 g/mol. The summed E-state index contributed by atoms with van der Waals surface area (Å²) >= 11 is 0. The molecule has 1 fully saturated rings. The number of carbonyl (C=O) groups excluding carboxylic acids is 8. The summed E-state index contributed by atoms with van der Waals surface area (Å²) in [6.07, 6.45) is 15.6. The number of nitrogens with one attached hydrogen (secondary N) is 8. The number of fused-ring (bicyclic) bond motifs is 1. The number of carbonyl (C=O) groups is 8. The molecule has 2 atom stereocenters. The second-order valence-electron chi connectivity index (χ2n) is 27.9. The first-order chi connectivity index (χ1) is 56.7. The minimum absolute atomic E-state index is 0.0000342. The highest BCUT2D eigenvalue weighted by Gasteiger charge is 2.43. The van der Waals surface area contributed by atoms with Crippen molar-refractivity contribution >= 4 is 81.8 Å². The lowest BCUT2D eigenvalue weighted by Gasteiger charge is -2.44. The number of aliphatic hydroxyl groups excluding tert-OH is 1. The second kappa shape index (κ2) is 45.3. The molecule has 7 heterocycles. The SMILES string of the molecule is CC(=O)N1c2ccc(-c3cnc(C(=O)NCCOCCOCCOCCOCCOCCOCCOCCOCCNC(=O)CCNC(=O)c4nc(NC(=O)CCNC(=O)c5cc(NC(=O)c6nc(C(N)CCNC(=O)c7cc(Nc8nccn8C)cn7C)cn6C)cn5C)cn4C)nc3)cc2N(Cc2ccccc2CO)C[C@@H]1C1CC1. The normalized spacial score (nSPS) is 13.4. The van der Waals surface area contributed by atoms with Gasteiger partial charge in [-0.05, 0) is 66.1 Å². The predicted octanol–water partition coefficient (Wildman–Crippen LogP) is 3.04. The molecule has 0 radical (unpaired) electrons. The van der Waals surface area contributed by atoms with Crippen molar-refractivity contribution < 1.29 is 81.4 Å². The fourth-order valence-corrected chi connectivity index (χ4v) is 12.8. The third-order valence-corrected chi connectivity index (χ3v) is 19.0. The summed E-state index contributed by atoms with van der Waals surface area (Å²) in [6, 6.07) is 16.5. The number of aromatic nitrogens is 10. The molecule has 8 amide bonds. The van der Waals surface area contributed by atoms with E-state index in [1.165, 1.54) is 26.0 Å². The van der Waals surface area contributed by atoms with Crippen molar-refractivity contribution in [2.75, 3.05) is 171 Å². The third-order valence-electron chi connectivity index (χ3n) is 19.0. The van der Waals surface area contributed by atoms with Crippen LogP contribution in [-0.4, -0.2) is 251 Å². The molecule has 0 saturated heterocycles. The maximum Gasteiger partial charge on any atom is 0.291 e. The Morgan fingerprint density at radius 1 is 0.513 bits per heavy atom. The molecule has 38 nitrogen and oxygen atoms in total. The van der Waals surface area contributed by atoms with Crippen LogP contribution in [0.2, 0.25) is 0 Å². The number of aliphatic hydroxyl groups is 1. The van der Waals surface area contributed by atoms with Gasteiger partial charge in [-0.15, -0.1) is 0 Å². The van der Waals surface area contributed by atoms with Crippen LogP contribution in [0.15, 0.2) is 104 Å². The summed E-state index contributed by atoms with van der Waals surface area (Å²) in [7, 11) is 8.49. The quantitative estimate of drug-likeness (QED) is 0.0245. The van der Waals surface area contributed by atoms with E-state index in [2.05, 4.69) is 72.4 Å². The van der Waals surface area contributed by atoms with Gasteiger partial charge in [-0.3, -0.25) is 38.4 Å². The van der Waals surface area contributed by atoms with Gasteiger partial charge >= 0.3 is 0 Å². The number of anilines is 6. The number of nitrogens with zero attached hydrogens (tertiary/aromatic N) is 12. The molecule has 1 aliphatic carbocycles. The Labute approximate surface area is 677 Å².